The molecule has 0 saturated carbocycles. The first kappa shape index (κ1) is 16.9. The van der Waals surface area contributed by atoms with Crippen molar-refractivity contribution in [1.29, 1.82) is 0 Å². The van der Waals surface area contributed by atoms with E-state index < -0.39 is 0 Å². The summed E-state index contributed by atoms with van der Waals surface area (Å²) in [6.45, 7) is 0. The largest absolute Gasteiger partial charge is 1.00 e. The molecule has 0 aliphatic rings. The van der Waals surface area contributed by atoms with Gasteiger partial charge in [0.15, 0.2) is 5.82 Å². The van der Waals surface area contributed by atoms with Gasteiger partial charge in [-0.25, -0.2) is 9.98 Å². The quantitative estimate of drug-likeness (QED) is 0.306. The number of pyridine rings is 1. The summed E-state index contributed by atoms with van der Waals surface area (Å²) in [5.41, 5.74) is 11.2. The second kappa shape index (κ2) is 8.95. The Hall–Kier alpha value is -0.0536. The molecule has 1 aromatic heterocycles. The minimum atomic E-state index is 0. The normalized spacial score (nSPS) is 11.9. The van der Waals surface area contributed by atoms with Gasteiger partial charge in [0, 0.05) is 6.20 Å². The molecule has 0 radical (unpaired) electrons. The molecular formula is C10H14KN5S. The maximum Gasteiger partial charge on any atom is 1.00 e. The number of aromatic nitrogens is 1. The molecule has 0 saturated heterocycles. The second-order valence-corrected chi connectivity index (χ2v) is 3.71. The number of hydrogen-bond acceptors (Lipinski definition) is 4. The monoisotopic (exact) mass is 275 g/mol. The van der Waals surface area contributed by atoms with Crippen LogP contribution >= 0.6 is 11.8 Å². The van der Waals surface area contributed by atoms with E-state index in [1.54, 1.807) is 25.0 Å². The van der Waals surface area contributed by atoms with Crippen molar-refractivity contribution in [1.82, 2.24) is 4.98 Å². The van der Waals surface area contributed by atoms with Gasteiger partial charge in [0.05, 0.1) is 4.90 Å². The zero-order valence-electron chi connectivity index (χ0n) is 10.2. The Kier molecular flexibility index (Phi) is 8.93. The molecular weight excluding hydrogens is 261 g/mol. The van der Waals surface area contributed by atoms with Gasteiger partial charge in [0.25, 0.3) is 0 Å². The summed E-state index contributed by atoms with van der Waals surface area (Å²) in [5.74, 6) is 1.22. The zero-order valence-corrected chi connectivity index (χ0v) is 14.2. The number of nitrogens with two attached hydrogens (primary N) is 2. The Morgan fingerprint density at radius 1 is 1.53 bits per heavy atom. The van der Waals surface area contributed by atoms with Crippen molar-refractivity contribution in [2.45, 2.75) is 4.90 Å². The molecule has 5 nitrogen and oxygen atoms in total. The smallest absolute Gasteiger partial charge is 0.495 e. The van der Waals surface area contributed by atoms with Crippen LogP contribution in [0.4, 0.5) is 5.82 Å². The van der Waals surface area contributed by atoms with E-state index in [4.69, 9.17) is 11.5 Å². The molecule has 0 aliphatic carbocycles. The first-order valence-electron chi connectivity index (χ1n) is 4.57. The molecule has 0 spiro atoms. The Labute approximate surface area is 148 Å². The van der Waals surface area contributed by atoms with Crippen LogP contribution in [0.3, 0.4) is 0 Å². The summed E-state index contributed by atoms with van der Waals surface area (Å²) in [4.78, 5) is 9.26. The molecule has 17 heavy (non-hydrogen) atoms. The van der Waals surface area contributed by atoms with Gasteiger partial charge in [-0.3, -0.25) is 0 Å². The average Bonchev–Trinajstić information content (AvgIpc) is 2.29. The Morgan fingerprint density at radius 3 is 2.82 bits per heavy atom. The molecule has 0 unspecified atom stereocenters. The molecule has 1 aromatic rings. The molecule has 7 heteroatoms. The van der Waals surface area contributed by atoms with Crippen molar-refractivity contribution in [3.8, 4) is 0 Å². The topological polar surface area (TPSA) is 91.4 Å². The van der Waals surface area contributed by atoms with Crippen molar-refractivity contribution in [3.05, 3.63) is 35.5 Å². The van der Waals surface area contributed by atoms with Crippen molar-refractivity contribution in [2.24, 2.45) is 16.5 Å². The molecule has 1 heterocycles. The van der Waals surface area contributed by atoms with Crippen LogP contribution in [-0.4, -0.2) is 24.1 Å². The van der Waals surface area contributed by atoms with Gasteiger partial charge in [-0.05, 0) is 24.5 Å². The predicted molar refractivity (Wildman–Crippen MR) is 68.9 cm³/mol. The van der Waals surface area contributed by atoms with E-state index in [9.17, 15) is 0 Å². The van der Waals surface area contributed by atoms with Crippen LogP contribution in [0, 0.1) is 0 Å². The fourth-order valence-corrected chi connectivity index (χ4v) is 1.49. The molecule has 86 valence electrons. The number of hydrogen-bond donors (Lipinski definition) is 2. The molecule has 0 amide bonds. The zero-order chi connectivity index (χ0) is 12.0. The van der Waals surface area contributed by atoms with Crippen LogP contribution in [0.25, 0.3) is 5.32 Å². The summed E-state index contributed by atoms with van der Waals surface area (Å²) in [5, 5.41) is 3.77. The first-order chi connectivity index (χ1) is 7.67. The molecule has 0 aliphatic heterocycles. The van der Waals surface area contributed by atoms with Gasteiger partial charge in [0.2, 0.25) is 0 Å². The number of rotatable bonds is 4. The molecule has 0 fully saturated rings. The molecule has 4 N–H and O–H groups in total. The van der Waals surface area contributed by atoms with E-state index in [0.29, 0.717) is 11.6 Å². The van der Waals surface area contributed by atoms with E-state index in [-0.39, 0.29) is 57.2 Å². The van der Waals surface area contributed by atoms with Crippen molar-refractivity contribution in [3.63, 3.8) is 0 Å². The number of nitrogens with zero attached hydrogens (tertiary/aromatic N) is 3. The van der Waals surface area contributed by atoms with Gasteiger partial charge in [0.1, 0.15) is 5.84 Å². The summed E-state index contributed by atoms with van der Waals surface area (Å²) < 4.78 is 0. The third kappa shape index (κ3) is 5.89. The summed E-state index contributed by atoms with van der Waals surface area (Å²) >= 11 is 1.56. The fourth-order valence-electron chi connectivity index (χ4n) is 0.996. The minimum absolute atomic E-state index is 0. The van der Waals surface area contributed by atoms with E-state index >= 15 is 0 Å². The molecule has 1 rings (SSSR count). The van der Waals surface area contributed by atoms with Crippen molar-refractivity contribution >= 4 is 23.4 Å². The van der Waals surface area contributed by atoms with Crippen LogP contribution in [0.1, 0.15) is 0 Å². The molecule has 0 aromatic carbocycles. The number of aliphatic imine (C=N–C) groups is 1. The second-order valence-electron chi connectivity index (χ2n) is 2.86. The summed E-state index contributed by atoms with van der Waals surface area (Å²) in [6.07, 6.45) is 5.12. The standard InChI is InChI=1S/C10H14N5S.K/c1-13-8(11)6-9(12)15-10-7(16-2)4-3-5-14-10;/h3-6H,11H2,1-2H3,(H2,12,14,15);/q-1;+1/b8-6-;. The molecule has 0 atom stereocenters. The number of thioether (sulfide) groups is 1. The Balaban J connectivity index is 0.00000256. The third-order valence-corrected chi connectivity index (χ3v) is 2.52. The number of amidine groups is 1. The van der Waals surface area contributed by atoms with Crippen LogP contribution in [0.2, 0.25) is 0 Å². The van der Waals surface area contributed by atoms with Crippen LogP contribution < -0.4 is 62.9 Å². The van der Waals surface area contributed by atoms with Gasteiger partial charge >= 0.3 is 51.4 Å². The van der Waals surface area contributed by atoms with Crippen molar-refractivity contribution < 1.29 is 51.4 Å². The summed E-state index contributed by atoms with van der Waals surface area (Å²) in [6, 6.07) is 3.79. The van der Waals surface area contributed by atoms with E-state index in [1.165, 1.54) is 6.08 Å². The first-order valence-corrected chi connectivity index (χ1v) is 5.80. The summed E-state index contributed by atoms with van der Waals surface area (Å²) in [7, 11) is 1.59. The van der Waals surface area contributed by atoms with E-state index in [0.717, 1.165) is 4.90 Å². The van der Waals surface area contributed by atoms with Gasteiger partial charge in [-0.2, -0.15) is 0 Å². The SMILES string of the molecule is C[N-]/C(N)=C\C(N)=N\c1ncccc1SC.[K+]. The van der Waals surface area contributed by atoms with Gasteiger partial charge in [-0.15, -0.1) is 11.8 Å². The van der Waals surface area contributed by atoms with Crippen LogP contribution in [0.5, 0.6) is 0 Å². The third-order valence-electron chi connectivity index (χ3n) is 1.76. The van der Waals surface area contributed by atoms with E-state index in [2.05, 4.69) is 15.3 Å². The molecule has 0 bridgehead atoms. The Bertz CT molecular complexity index is 419. The van der Waals surface area contributed by atoms with E-state index in [1.807, 2.05) is 18.4 Å². The average molecular weight is 275 g/mol. The maximum atomic E-state index is 5.69. The predicted octanol–water partition coefficient (Wildman–Crippen LogP) is -1.40. The van der Waals surface area contributed by atoms with Crippen LogP contribution in [-0.2, 0) is 0 Å². The Morgan fingerprint density at radius 2 is 2.24 bits per heavy atom. The van der Waals surface area contributed by atoms with Gasteiger partial charge < -0.3 is 16.8 Å². The van der Waals surface area contributed by atoms with Crippen molar-refractivity contribution in [2.75, 3.05) is 13.3 Å². The fraction of sp³-hybridized carbons (Fsp3) is 0.200. The maximum absolute atomic E-state index is 5.69. The van der Waals surface area contributed by atoms with Gasteiger partial charge in [-0.1, -0.05) is 12.9 Å². The minimum Gasteiger partial charge on any atom is -0.495 e. The van der Waals surface area contributed by atoms with Crippen LogP contribution in [0.15, 0.2) is 40.1 Å².